The van der Waals surface area contributed by atoms with Crippen LogP contribution in [0.1, 0.15) is 11.1 Å². The molecule has 1 nitrogen and oxygen atoms in total. The van der Waals surface area contributed by atoms with Crippen molar-refractivity contribution >= 4 is 21.8 Å². The SMILES string of the molecule is c1ccc2c(c1)Cc1cc(-c3ccc4[nH]c5ccccc5c4c3)ccc1-2. The molecule has 0 radical (unpaired) electrons. The van der Waals surface area contributed by atoms with E-state index in [0.717, 1.165) is 6.42 Å². The lowest BCUT2D eigenvalue weighted by Crippen LogP contribution is -1.84. The predicted molar refractivity (Wildman–Crippen MR) is 109 cm³/mol. The lowest BCUT2D eigenvalue weighted by atomic mass is 9.98. The summed E-state index contributed by atoms with van der Waals surface area (Å²) in [6, 6.07) is 30.9. The molecule has 1 aliphatic carbocycles. The number of hydrogen-bond acceptors (Lipinski definition) is 0. The summed E-state index contributed by atoms with van der Waals surface area (Å²) >= 11 is 0. The minimum Gasteiger partial charge on any atom is -0.355 e. The first-order chi connectivity index (χ1) is 12.9. The van der Waals surface area contributed by atoms with E-state index < -0.39 is 0 Å². The van der Waals surface area contributed by atoms with Crippen molar-refractivity contribution < 1.29 is 0 Å². The normalized spacial score (nSPS) is 12.5. The Labute approximate surface area is 151 Å². The monoisotopic (exact) mass is 331 g/mol. The average Bonchev–Trinajstić information content (AvgIpc) is 3.25. The van der Waals surface area contributed by atoms with Crippen LogP contribution in [0.5, 0.6) is 0 Å². The Morgan fingerprint density at radius 1 is 0.538 bits per heavy atom. The molecule has 1 aliphatic rings. The molecule has 0 spiro atoms. The molecular formula is C25H17N. The quantitative estimate of drug-likeness (QED) is 0.351. The third kappa shape index (κ3) is 1.91. The maximum atomic E-state index is 3.51. The minimum atomic E-state index is 1.04. The summed E-state index contributed by atoms with van der Waals surface area (Å²) in [7, 11) is 0. The maximum Gasteiger partial charge on any atom is 0.0465 e. The molecular weight excluding hydrogens is 314 g/mol. The molecule has 0 fully saturated rings. The van der Waals surface area contributed by atoms with Gasteiger partial charge < -0.3 is 4.98 Å². The number of benzene rings is 4. The molecule has 0 atom stereocenters. The van der Waals surface area contributed by atoms with Gasteiger partial charge in [-0.1, -0.05) is 66.7 Å². The molecule has 0 amide bonds. The van der Waals surface area contributed by atoms with Gasteiger partial charge in [-0.25, -0.2) is 0 Å². The number of nitrogens with one attached hydrogen (secondary N) is 1. The highest BCUT2D eigenvalue weighted by Gasteiger charge is 2.18. The summed E-state index contributed by atoms with van der Waals surface area (Å²) in [5.74, 6) is 0. The van der Waals surface area contributed by atoms with Crippen molar-refractivity contribution in [2.45, 2.75) is 6.42 Å². The molecule has 6 rings (SSSR count). The highest BCUT2D eigenvalue weighted by atomic mass is 14.7. The number of rotatable bonds is 1. The summed E-state index contributed by atoms with van der Waals surface area (Å²) in [6.07, 6.45) is 1.04. The zero-order valence-electron chi connectivity index (χ0n) is 14.3. The standard InChI is InChI=1S/C25H17N/c1-2-6-20-18(5-1)14-19-13-16(9-11-21(19)20)17-10-12-25-23(15-17)22-7-3-4-8-24(22)26-25/h1-13,15,26H,14H2. The number of H-pyrrole nitrogens is 1. The molecule has 1 N–H and O–H groups in total. The van der Waals surface area contributed by atoms with Gasteiger partial charge in [0, 0.05) is 21.8 Å². The van der Waals surface area contributed by atoms with Gasteiger partial charge in [-0.2, -0.15) is 0 Å². The molecule has 1 aromatic heterocycles. The lowest BCUT2D eigenvalue weighted by molar-refractivity contribution is 1.26. The van der Waals surface area contributed by atoms with E-state index in [9.17, 15) is 0 Å². The van der Waals surface area contributed by atoms with E-state index >= 15 is 0 Å². The van der Waals surface area contributed by atoms with Gasteiger partial charge in [-0.15, -0.1) is 0 Å². The van der Waals surface area contributed by atoms with Gasteiger partial charge >= 0.3 is 0 Å². The van der Waals surface area contributed by atoms with Crippen molar-refractivity contribution in [3.05, 3.63) is 96.1 Å². The second-order valence-electron chi connectivity index (χ2n) is 7.14. The van der Waals surface area contributed by atoms with Crippen LogP contribution in [-0.4, -0.2) is 4.98 Å². The van der Waals surface area contributed by atoms with E-state index in [1.165, 1.54) is 55.2 Å². The third-order valence-corrected chi connectivity index (χ3v) is 5.63. The van der Waals surface area contributed by atoms with Crippen molar-refractivity contribution in [1.82, 2.24) is 4.98 Å². The fourth-order valence-electron chi connectivity index (χ4n) is 4.35. The van der Waals surface area contributed by atoms with Crippen molar-refractivity contribution in [3.8, 4) is 22.3 Å². The van der Waals surface area contributed by atoms with Gasteiger partial charge in [0.2, 0.25) is 0 Å². The first kappa shape index (κ1) is 13.9. The van der Waals surface area contributed by atoms with E-state index in [2.05, 4.69) is 89.9 Å². The van der Waals surface area contributed by atoms with Gasteiger partial charge in [0.1, 0.15) is 0 Å². The van der Waals surface area contributed by atoms with Crippen molar-refractivity contribution in [1.29, 1.82) is 0 Å². The van der Waals surface area contributed by atoms with Gasteiger partial charge in [0.05, 0.1) is 0 Å². The number of aromatic nitrogens is 1. The third-order valence-electron chi connectivity index (χ3n) is 5.63. The minimum absolute atomic E-state index is 1.04. The van der Waals surface area contributed by atoms with Crippen molar-refractivity contribution in [2.24, 2.45) is 0 Å². The summed E-state index contributed by atoms with van der Waals surface area (Å²) in [6.45, 7) is 0. The van der Waals surface area contributed by atoms with E-state index in [-0.39, 0.29) is 0 Å². The van der Waals surface area contributed by atoms with Crippen LogP contribution >= 0.6 is 0 Å². The smallest absolute Gasteiger partial charge is 0.0465 e. The Bertz CT molecular complexity index is 1310. The zero-order valence-corrected chi connectivity index (χ0v) is 14.3. The Hall–Kier alpha value is -3.32. The van der Waals surface area contributed by atoms with Gasteiger partial charge in [-0.05, 0) is 58.0 Å². The Morgan fingerprint density at radius 2 is 1.27 bits per heavy atom. The van der Waals surface area contributed by atoms with Crippen LogP contribution in [0.3, 0.4) is 0 Å². The van der Waals surface area contributed by atoms with Crippen LogP contribution in [0.4, 0.5) is 0 Å². The topological polar surface area (TPSA) is 15.8 Å². The molecule has 5 aromatic rings. The summed E-state index contributed by atoms with van der Waals surface area (Å²) in [5, 5.41) is 2.58. The summed E-state index contributed by atoms with van der Waals surface area (Å²) < 4.78 is 0. The number of aromatic amines is 1. The summed E-state index contributed by atoms with van der Waals surface area (Å²) in [4.78, 5) is 3.51. The molecule has 1 heterocycles. The highest BCUT2D eigenvalue weighted by molar-refractivity contribution is 6.08. The average molecular weight is 331 g/mol. The molecule has 0 unspecified atom stereocenters. The Balaban J connectivity index is 1.51. The van der Waals surface area contributed by atoms with Crippen molar-refractivity contribution in [2.75, 3.05) is 0 Å². The van der Waals surface area contributed by atoms with Crippen LogP contribution in [0.25, 0.3) is 44.1 Å². The summed E-state index contributed by atoms with van der Waals surface area (Å²) in [5.41, 5.74) is 10.6. The second-order valence-corrected chi connectivity index (χ2v) is 7.14. The molecule has 0 saturated carbocycles. The Kier molecular flexibility index (Phi) is 2.72. The van der Waals surface area contributed by atoms with E-state index in [1.54, 1.807) is 0 Å². The molecule has 122 valence electrons. The molecule has 4 aromatic carbocycles. The fraction of sp³-hybridized carbons (Fsp3) is 0.0400. The molecule has 0 aliphatic heterocycles. The molecule has 0 saturated heterocycles. The van der Waals surface area contributed by atoms with Crippen LogP contribution in [0.2, 0.25) is 0 Å². The van der Waals surface area contributed by atoms with Crippen molar-refractivity contribution in [3.63, 3.8) is 0 Å². The number of para-hydroxylation sites is 1. The zero-order chi connectivity index (χ0) is 17.1. The highest BCUT2D eigenvalue weighted by Crippen LogP contribution is 2.39. The van der Waals surface area contributed by atoms with Gasteiger partial charge in [-0.3, -0.25) is 0 Å². The van der Waals surface area contributed by atoms with Gasteiger partial charge in [0.15, 0.2) is 0 Å². The largest absolute Gasteiger partial charge is 0.355 e. The second kappa shape index (κ2) is 5.09. The van der Waals surface area contributed by atoms with Crippen LogP contribution in [-0.2, 0) is 6.42 Å². The van der Waals surface area contributed by atoms with Crippen LogP contribution in [0, 0.1) is 0 Å². The molecule has 1 heteroatoms. The van der Waals surface area contributed by atoms with Gasteiger partial charge in [0.25, 0.3) is 0 Å². The maximum absolute atomic E-state index is 3.51. The fourth-order valence-corrected chi connectivity index (χ4v) is 4.35. The van der Waals surface area contributed by atoms with E-state index in [4.69, 9.17) is 0 Å². The van der Waals surface area contributed by atoms with Crippen LogP contribution < -0.4 is 0 Å². The molecule has 26 heavy (non-hydrogen) atoms. The first-order valence-electron chi connectivity index (χ1n) is 9.09. The Morgan fingerprint density at radius 3 is 2.27 bits per heavy atom. The van der Waals surface area contributed by atoms with E-state index in [1.807, 2.05) is 0 Å². The number of fused-ring (bicyclic) bond motifs is 6. The number of hydrogen-bond donors (Lipinski definition) is 1. The molecule has 0 bridgehead atoms. The van der Waals surface area contributed by atoms with E-state index in [0.29, 0.717) is 0 Å². The first-order valence-corrected chi connectivity index (χ1v) is 9.09. The lowest BCUT2D eigenvalue weighted by Gasteiger charge is -2.06. The predicted octanol–water partition coefficient (Wildman–Crippen LogP) is 6.56. The van der Waals surface area contributed by atoms with Crippen LogP contribution in [0.15, 0.2) is 84.9 Å².